The molecule has 18 heavy (non-hydrogen) atoms. The van der Waals surface area contributed by atoms with Gasteiger partial charge in [0, 0.05) is 52.0 Å². The van der Waals surface area contributed by atoms with Crippen LogP contribution in [-0.2, 0) is 9.47 Å². The number of nitrogens with zero attached hydrogens (tertiary/aromatic N) is 2. The molecule has 2 N–H and O–H groups in total. The second-order valence-corrected chi connectivity index (χ2v) is 5.85. The Morgan fingerprint density at radius 1 is 1.22 bits per heavy atom. The Morgan fingerprint density at radius 3 is 2.11 bits per heavy atom. The van der Waals surface area contributed by atoms with Crippen LogP contribution in [0.4, 0.5) is 0 Å². The summed E-state index contributed by atoms with van der Waals surface area (Å²) in [5, 5.41) is 0. The molecule has 5 nitrogen and oxygen atoms in total. The van der Waals surface area contributed by atoms with E-state index in [9.17, 15) is 0 Å². The smallest absolute Gasteiger partial charge is 0.0972 e. The van der Waals surface area contributed by atoms with Crippen molar-refractivity contribution in [3.8, 4) is 0 Å². The molecular formula is C13H27N3O2. The molecule has 2 aliphatic heterocycles. The summed E-state index contributed by atoms with van der Waals surface area (Å²) in [5.41, 5.74) is 6.19. The van der Waals surface area contributed by atoms with E-state index in [0.29, 0.717) is 12.6 Å². The monoisotopic (exact) mass is 257 g/mol. The molecule has 0 radical (unpaired) electrons. The lowest BCUT2D eigenvalue weighted by atomic mass is 9.94. The van der Waals surface area contributed by atoms with Crippen LogP contribution < -0.4 is 5.73 Å². The van der Waals surface area contributed by atoms with Crippen LogP contribution in [-0.4, -0.2) is 81.0 Å². The summed E-state index contributed by atoms with van der Waals surface area (Å²) in [6, 6.07) is 0.594. The SMILES string of the molecule is COC1CN(C2(CN)CC(C)N(C)C2)CC1OC. The van der Waals surface area contributed by atoms with Gasteiger partial charge in [-0.15, -0.1) is 0 Å². The van der Waals surface area contributed by atoms with Crippen molar-refractivity contribution < 1.29 is 9.47 Å². The second-order valence-electron chi connectivity index (χ2n) is 5.85. The molecule has 0 bridgehead atoms. The first-order valence-corrected chi connectivity index (χ1v) is 6.77. The molecule has 0 aliphatic carbocycles. The summed E-state index contributed by atoms with van der Waals surface area (Å²) in [4.78, 5) is 4.88. The zero-order valence-electron chi connectivity index (χ0n) is 12.1. The van der Waals surface area contributed by atoms with E-state index < -0.39 is 0 Å². The van der Waals surface area contributed by atoms with E-state index in [1.807, 2.05) is 0 Å². The summed E-state index contributed by atoms with van der Waals surface area (Å²) in [7, 11) is 5.71. The molecular weight excluding hydrogens is 230 g/mol. The fraction of sp³-hybridized carbons (Fsp3) is 1.00. The van der Waals surface area contributed by atoms with Gasteiger partial charge in [0.15, 0.2) is 0 Å². The summed E-state index contributed by atoms with van der Waals surface area (Å²) >= 11 is 0. The highest BCUT2D eigenvalue weighted by Crippen LogP contribution is 2.34. The lowest BCUT2D eigenvalue weighted by Gasteiger charge is -2.37. The second kappa shape index (κ2) is 5.43. The van der Waals surface area contributed by atoms with Gasteiger partial charge in [0.05, 0.1) is 12.2 Å². The lowest BCUT2D eigenvalue weighted by Crippen LogP contribution is -2.55. The predicted octanol–water partition coefficient (Wildman–Crippen LogP) is -0.246. The van der Waals surface area contributed by atoms with Crippen molar-refractivity contribution in [3.63, 3.8) is 0 Å². The van der Waals surface area contributed by atoms with Crippen molar-refractivity contribution in [3.05, 3.63) is 0 Å². The molecule has 2 fully saturated rings. The first-order valence-electron chi connectivity index (χ1n) is 6.77. The number of ether oxygens (including phenoxy) is 2. The Kier molecular flexibility index (Phi) is 4.29. The molecule has 5 heteroatoms. The van der Waals surface area contributed by atoms with Crippen molar-refractivity contribution in [2.45, 2.75) is 37.1 Å². The summed E-state index contributed by atoms with van der Waals surface area (Å²) in [6.07, 6.45) is 1.46. The van der Waals surface area contributed by atoms with Gasteiger partial charge < -0.3 is 20.1 Å². The van der Waals surface area contributed by atoms with Gasteiger partial charge in [0.25, 0.3) is 0 Å². The predicted molar refractivity (Wildman–Crippen MR) is 71.7 cm³/mol. The zero-order valence-corrected chi connectivity index (χ0v) is 12.1. The number of hydrogen-bond acceptors (Lipinski definition) is 5. The Morgan fingerprint density at radius 2 is 1.78 bits per heavy atom. The standard InChI is InChI=1S/C13H27N3O2/c1-10-5-13(8-14,9-15(10)2)16-6-11(17-3)12(7-16)18-4/h10-12H,5-9,14H2,1-4H3. The van der Waals surface area contributed by atoms with E-state index in [4.69, 9.17) is 15.2 Å². The van der Waals surface area contributed by atoms with Gasteiger partial charge >= 0.3 is 0 Å². The van der Waals surface area contributed by atoms with Crippen LogP contribution in [0, 0.1) is 0 Å². The average molecular weight is 257 g/mol. The number of hydrogen-bond donors (Lipinski definition) is 1. The molecule has 0 saturated carbocycles. The first-order chi connectivity index (χ1) is 8.56. The van der Waals surface area contributed by atoms with Gasteiger partial charge in [0.1, 0.15) is 0 Å². The van der Waals surface area contributed by atoms with Crippen LogP contribution in [0.1, 0.15) is 13.3 Å². The van der Waals surface area contributed by atoms with Crippen LogP contribution >= 0.6 is 0 Å². The molecule has 0 aromatic carbocycles. The summed E-state index contributed by atoms with van der Waals surface area (Å²) in [5.74, 6) is 0. The number of nitrogens with two attached hydrogens (primary N) is 1. The van der Waals surface area contributed by atoms with Gasteiger partial charge in [0.2, 0.25) is 0 Å². The van der Waals surface area contributed by atoms with Gasteiger partial charge in [-0.2, -0.15) is 0 Å². The number of likely N-dealkylation sites (N-methyl/N-ethyl adjacent to an activating group) is 1. The quantitative estimate of drug-likeness (QED) is 0.753. The Balaban J connectivity index is 2.11. The van der Waals surface area contributed by atoms with Crippen LogP contribution in [0.5, 0.6) is 0 Å². The van der Waals surface area contributed by atoms with E-state index in [1.165, 1.54) is 0 Å². The highest BCUT2D eigenvalue weighted by molar-refractivity contribution is 5.06. The van der Waals surface area contributed by atoms with E-state index in [0.717, 1.165) is 26.1 Å². The van der Waals surface area contributed by atoms with Gasteiger partial charge in [-0.1, -0.05) is 0 Å². The minimum atomic E-state index is 0.0955. The largest absolute Gasteiger partial charge is 0.377 e. The third-order valence-electron chi connectivity index (χ3n) is 4.84. The van der Waals surface area contributed by atoms with Crippen molar-refractivity contribution in [1.29, 1.82) is 0 Å². The highest BCUT2D eigenvalue weighted by Gasteiger charge is 2.48. The minimum absolute atomic E-state index is 0.0955. The lowest BCUT2D eigenvalue weighted by molar-refractivity contribution is -0.00461. The molecule has 0 amide bonds. The fourth-order valence-electron chi connectivity index (χ4n) is 3.48. The Labute approximate surface area is 110 Å². The van der Waals surface area contributed by atoms with Gasteiger partial charge in [-0.3, -0.25) is 4.90 Å². The Bertz CT molecular complexity index is 265. The summed E-state index contributed by atoms with van der Waals surface area (Å²) in [6.45, 7) is 5.86. The zero-order chi connectivity index (χ0) is 13.3. The highest BCUT2D eigenvalue weighted by atomic mass is 16.5. The van der Waals surface area contributed by atoms with Crippen LogP contribution in [0.2, 0.25) is 0 Å². The first kappa shape index (κ1) is 14.2. The molecule has 4 unspecified atom stereocenters. The van der Waals surface area contributed by atoms with Crippen molar-refractivity contribution >= 4 is 0 Å². The van der Waals surface area contributed by atoms with Crippen molar-refractivity contribution in [2.24, 2.45) is 5.73 Å². The molecule has 2 saturated heterocycles. The van der Waals surface area contributed by atoms with E-state index in [2.05, 4.69) is 23.8 Å². The van der Waals surface area contributed by atoms with Crippen molar-refractivity contribution in [2.75, 3.05) is 47.4 Å². The number of rotatable bonds is 4. The third kappa shape index (κ3) is 2.30. The molecule has 106 valence electrons. The minimum Gasteiger partial charge on any atom is -0.377 e. The normalized spacial score (nSPS) is 42.8. The summed E-state index contributed by atoms with van der Waals surface area (Å²) < 4.78 is 11.1. The number of methoxy groups -OCH3 is 2. The van der Waals surface area contributed by atoms with E-state index >= 15 is 0 Å². The van der Waals surface area contributed by atoms with E-state index in [1.54, 1.807) is 14.2 Å². The van der Waals surface area contributed by atoms with E-state index in [-0.39, 0.29) is 17.7 Å². The molecule has 0 spiro atoms. The topological polar surface area (TPSA) is 51.0 Å². The molecule has 0 aromatic heterocycles. The maximum atomic E-state index is 6.10. The maximum absolute atomic E-state index is 6.10. The average Bonchev–Trinajstić information content (AvgIpc) is 2.92. The molecule has 0 aromatic rings. The fourth-order valence-corrected chi connectivity index (χ4v) is 3.48. The Hall–Kier alpha value is -0.200. The molecule has 2 aliphatic rings. The third-order valence-corrected chi connectivity index (χ3v) is 4.84. The van der Waals surface area contributed by atoms with Crippen LogP contribution in [0.3, 0.4) is 0 Å². The van der Waals surface area contributed by atoms with Gasteiger partial charge in [-0.05, 0) is 20.4 Å². The molecule has 2 rings (SSSR count). The number of likely N-dealkylation sites (tertiary alicyclic amines) is 2. The maximum Gasteiger partial charge on any atom is 0.0972 e. The van der Waals surface area contributed by atoms with Crippen LogP contribution in [0.15, 0.2) is 0 Å². The van der Waals surface area contributed by atoms with Crippen molar-refractivity contribution in [1.82, 2.24) is 9.80 Å². The molecule has 4 atom stereocenters. The van der Waals surface area contributed by atoms with Gasteiger partial charge in [-0.25, -0.2) is 0 Å². The van der Waals surface area contributed by atoms with Crippen LogP contribution in [0.25, 0.3) is 0 Å². The molecule has 2 heterocycles.